The molecule has 2 heterocycles. The van der Waals surface area contributed by atoms with Gasteiger partial charge in [0.15, 0.2) is 0 Å². The van der Waals surface area contributed by atoms with E-state index in [4.69, 9.17) is 34.2 Å². The van der Waals surface area contributed by atoms with Crippen molar-refractivity contribution in [3.05, 3.63) is 34.9 Å². The number of nitrogens with two attached hydrogens (primary N) is 1. The average molecular weight is 602 g/mol. The highest BCUT2D eigenvalue weighted by Gasteiger charge is 2.39. The number of nitrogens with one attached hydrogen (secondary N) is 1. The zero-order valence-corrected chi connectivity index (χ0v) is 24.5. The summed E-state index contributed by atoms with van der Waals surface area (Å²) in [5.74, 6) is -0.832. The van der Waals surface area contributed by atoms with Gasteiger partial charge in [-0.3, -0.25) is 19.7 Å². The van der Waals surface area contributed by atoms with Crippen LogP contribution in [0.25, 0.3) is 0 Å². The quantitative estimate of drug-likeness (QED) is 0.145. The highest BCUT2D eigenvalue weighted by molar-refractivity contribution is 6.05. The fourth-order valence-corrected chi connectivity index (χ4v) is 4.53. The van der Waals surface area contributed by atoms with Crippen LogP contribution in [0, 0.1) is 0 Å². The van der Waals surface area contributed by atoms with Gasteiger partial charge in [-0.2, -0.15) is 0 Å². The maximum atomic E-state index is 12.9. The van der Waals surface area contributed by atoms with E-state index in [1.54, 1.807) is 11.0 Å². The Bertz CT molecular complexity index is 937. The van der Waals surface area contributed by atoms with Crippen molar-refractivity contribution < 1.29 is 42.8 Å². The molecule has 41 heavy (non-hydrogen) atoms. The first-order valence-corrected chi connectivity index (χ1v) is 14.0. The van der Waals surface area contributed by atoms with Crippen molar-refractivity contribution in [1.29, 1.82) is 0 Å². The summed E-state index contributed by atoms with van der Waals surface area (Å²) in [6.07, 6.45) is 2.18. The van der Waals surface area contributed by atoms with Gasteiger partial charge in [-0.15, -0.1) is 12.4 Å². The molecule has 2 aliphatic heterocycles. The molecule has 0 spiro atoms. The van der Waals surface area contributed by atoms with Crippen molar-refractivity contribution in [3.8, 4) is 0 Å². The highest BCUT2D eigenvalue weighted by atomic mass is 35.5. The second-order valence-electron chi connectivity index (χ2n) is 9.41. The summed E-state index contributed by atoms with van der Waals surface area (Å²) in [5.41, 5.74) is 8.01. The Morgan fingerprint density at radius 3 is 1.85 bits per heavy atom. The molecular weight excluding hydrogens is 558 g/mol. The van der Waals surface area contributed by atoms with Crippen molar-refractivity contribution in [3.63, 3.8) is 0 Å². The molecule has 0 bridgehead atoms. The number of fused-ring (bicyclic) bond motifs is 1. The van der Waals surface area contributed by atoms with E-state index in [1.165, 1.54) is 0 Å². The molecule has 0 radical (unpaired) electrons. The lowest BCUT2D eigenvalue weighted by atomic mass is 10.00. The normalized spacial score (nSPS) is 16.6. The molecule has 3 amide bonds. The minimum Gasteiger partial charge on any atom is -0.379 e. The van der Waals surface area contributed by atoms with Crippen LogP contribution in [0.5, 0.6) is 0 Å². The summed E-state index contributed by atoms with van der Waals surface area (Å²) in [6.45, 7) is 7.11. The van der Waals surface area contributed by atoms with E-state index in [1.807, 2.05) is 12.1 Å². The largest absolute Gasteiger partial charge is 0.379 e. The highest BCUT2D eigenvalue weighted by Crippen LogP contribution is 2.30. The predicted molar refractivity (Wildman–Crippen MR) is 152 cm³/mol. The molecule has 12 nitrogen and oxygen atoms in total. The minimum absolute atomic E-state index is 0. The maximum absolute atomic E-state index is 12.9. The molecule has 0 aliphatic carbocycles. The molecule has 2 aliphatic rings. The number of rotatable bonds is 22. The van der Waals surface area contributed by atoms with Crippen LogP contribution >= 0.6 is 12.4 Å². The minimum atomic E-state index is -0.601. The van der Waals surface area contributed by atoms with Gasteiger partial charge in [0.05, 0.1) is 72.7 Å². The molecule has 13 heteroatoms. The molecule has 3 rings (SSSR count). The number of ether oxygens (including phenoxy) is 6. The molecule has 0 aromatic heterocycles. The molecule has 1 unspecified atom stereocenters. The van der Waals surface area contributed by atoms with Crippen molar-refractivity contribution in [2.75, 3.05) is 85.8 Å². The number of imide groups is 1. The smallest absolute Gasteiger partial charge is 0.255 e. The molecule has 1 aromatic carbocycles. The second kappa shape index (κ2) is 20.7. The van der Waals surface area contributed by atoms with E-state index in [2.05, 4.69) is 5.32 Å². The number of halogens is 1. The Morgan fingerprint density at radius 2 is 1.32 bits per heavy atom. The summed E-state index contributed by atoms with van der Waals surface area (Å²) < 4.78 is 32.7. The van der Waals surface area contributed by atoms with Crippen LogP contribution in [-0.2, 0) is 51.0 Å². The third kappa shape index (κ3) is 12.3. The summed E-state index contributed by atoms with van der Waals surface area (Å²) in [4.78, 5) is 38.2. The molecule has 3 N–H and O–H groups in total. The summed E-state index contributed by atoms with van der Waals surface area (Å²) in [5, 5.41) is 2.34. The Hall–Kier alpha value is -2.16. The number of hydrogen-bond acceptors (Lipinski definition) is 10. The van der Waals surface area contributed by atoms with E-state index in [-0.39, 0.29) is 30.6 Å². The number of carbonyl (C=O) groups excluding carboxylic acids is 3. The van der Waals surface area contributed by atoms with Crippen LogP contribution in [0.1, 0.15) is 40.7 Å². The van der Waals surface area contributed by atoms with Crippen LogP contribution in [-0.4, -0.2) is 114 Å². The van der Waals surface area contributed by atoms with Crippen molar-refractivity contribution in [2.45, 2.75) is 38.3 Å². The molecule has 1 aromatic rings. The SMILES string of the molecule is Cl.NCCOCCOCCOCCOCCOCCOCCCc1cccc2c1CN(C1CCC(=O)NC1=O)C2=O. The van der Waals surface area contributed by atoms with Gasteiger partial charge in [0, 0.05) is 31.7 Å². The van der Waals surface area contributed by atoms with Gasteiger partial charge >= 0.3 is 0 Å². The zero-order valence-electron chi connectivity index (χ0n) is 23.6. The van der Waals surface area contributed by atoms with Crippen molar-refractivity contribution in [1.82, 2.24) is 10.2 Å². The third-order valence-electron chi connectivity index (χ3n) is 6.54. The van der Waals surface area contributed by atoms with Crippen LogP contribution < -0.4 is 11.1 Å². The topological polar surface area (TPSA) is 148 Å². The number of hydrogen-bond donors (Lipinski definition) is 2. The van der Waals surface area contributed by atoms with Gasteiger partial charge in [-0.05, 0) is 36.5 Å². The standard InChI is InChI=1S/C28H43N3O9.ClH/c29-8-10-36-12-14-38-16-18-40-20-19-39-17-15-37-13-11-35-9-2-4-22-3-1-5-23-24(22)21-31(28(23)34)25-6-7-26(32)30-27(25)33;/h1,3,5,25H,2,4,6-21,29H2,(H,30,32,33);1H. The van der Waals surface area contributed by atoms with E-state index in [0.29, 0.717) is 104 Å². The third-order valence-corrected chi connectivity index (χ3v) is 6.54. The Labute approximate surface area is 247 Å². The second-order valence-corrected chi connectivity index (χ2v) is 9.41. The van der Waals surface area contributed by atoms with Gasteiger partial charge in [0.1, 0.15) is 6.04 Å². The van der Waals surface area contributed by atoms with Gasteiger partial charge in [0.25, 0.3) is 5.91 Å². The molecule has 1 fully saturated rings. The van der Waals surface area contributed by atoms with Crippen LogP contribution in [0.3, 0.4) is 0 Å². The fourth-order valence-electron chi connectivity index (χ4n) is 4.53. The van der Waals surface area contributed by atoms with E-state index < -0.39 is 11.9 Å². The number of amides is 3. The number of carbonyl (C=O) groups is 3. The Kier molecular flexibility index (Phi) is 17.7. The predicted octanol–water partition coefficient (Wildman–Crippen LogP) is 0.860. The van der Waals surface area contributed by atoms with Crippen molar-refractivity contribution >= 4 is 30.1 Å². The lowest BCUT2D eigenvalue weighted by molar-refractivity contribution is -0.136. The lowest BCUT2D eigenvalue weighted by Gasteiger charge is -2.29. The Morgan fingerprint density at radius 1 is 0.780 bits per heavy atom. The number of piperidine rings is 1. The van der Waals surface area contributed by atoms with E-state index in [9.17, 15) is 14.4 Å². The van der Waals surface area contributed by atoms with Crippen LogP contribution in [0.15, 0.2) is 18.2 Å². The zero-order chi connectivity index (χ0) is 28.4. The fraction of sp³-hybridized carbons (Fsp3) is 0.679. The molecule has 232 valence electrons. The number of aryl methyl sites for hydroxylation is 1. The van der Waals surface area contributed by atoms with Crippen LogP contribution in [0.4, 0.5) is 0 Å². The first-order chi connectivity index (χ1) is 19.6. The monoisotopic (exact) mass is 601 g/mol. The number of nitrogens with zero attached hydrogens (tertiary/aromatic N) is 1. The lowest BCUT2D eigenvalue weighted by Crippen LogP contribution is -2.52. The van der Waals surface area contributed by atoms with Crippen LogP contribution in [0.2, 0.25) is 0 Å². The first-order valence-electron chi connectivity index (χ1n) is 14.0. The maximum Gasteiger partial charge on any atom is 0.255 e. The summed E-state index contributed by atoms with van der Waals surface area (Å²) in [6, 6.07) is 5.09. The van der Waals surface area contributed by atoms with E-state index >= 15 is 0 Å². The van der Waals surface area contributed by atoms with Gasteiger partial charge in [0.2, 0.25) is 11.8 Å². The average Bonchev–Trinajstić information content (AvgIpc) is 3.28. The molecule has 1 atom stereocenters. The number of benzene rings is 1. The Balaban J connectivity index is 0.00000588. The van der Waals surface area contributed by atoms with E-state index in [0.717, 1.165) is 24.0 Å². The first kappa shape index (κ1) is 35.0. The van der Waals surface area contributed by atoms with Gasteiger partial charge in [-0.25, -0.2) is 0 Å². The summed E-state index contributed by atoms with van der Waals surface area (Å²) in [7, 11) is 0. The molecule has 1 saturated heterocycles. The van der Waals surface area contributed by atoms with Gasteiger partial charge < -0.3 is 39.1 Å². The summed E-state index contributed by atoms with van der Waals surface area (Å²) >= 11 is 0. The molecule has 0 saturated carbocycles. The molecular formula is C28H44ClN3O9. The van der Waals surface area contributed by atoms with Crippen molar-refractivity contribution in [2.24, 2.45) is 5.73 Å². The van der Waals surface area contributed by atoms with Gasteiger partial charge in [-0.1, -0.05) is 12.1 Å².